The Balaban J connectivity index is 2.12. The average Bonchev–Trinajstić information content (AvgIpc) is 2.87. The van der Waals surface area contributed by atoms with Gasteiger partial charge in [-0.05, 0) is 38.4 Å². The Labute approximate surface area is 147 Å². The van der Waals surface area contributed by atoms with Crippen LogP contribution in [0.4, 0.5) is 5.69 Å². The molecule has 0 atom stereocenters. The number of nitro groups is 1. The molecule has 9 nitrogen and oxygen atoms in total. The largest absolute Gasteiger partial charge is 0.298 e. The molecule has 1 heterocycles. The predicted molar refractivity (Wildman–Crippen MR) is 93.8 cm³/mol. The SMILES string of the molecule is CSc1nnc(C)n1NC(=S)NC(=O)c1ccc(C)c([N+](=O)[O-])c1. The number of aromatic nitrogens is 3. The number of rotatable bonds is 4. The maximum Gasteiger partial charge on any atom is 0.273 e. The Kier molecular flexibility index (Phi) is 5.46. The van der Waals surface area contributed by atoms with E-state index in [1.54, 1.807) is 13.8 Å². The number of thiocarbonyl (C=S) groups is 1. The van der Waals surface area contributed by atoms with Gasteiger partial charge in [0.25, 0.3) is 11.6 Å². The van der Waals surface area contributed by atoms with E-state index >= 15 is 0 Å². The Bertz CT molecular complexity index is 820. The number of benzene rings is 1. The predicted octanol–water partition coefficient (Wildman–Crippen LogP) is 1.78. The van der Waals surface area contributed by atoms with Gasteiger partial charge >= 0.3 is 0 Å². The van der Waals surface area contributed by atoms with Crippen molar-refractivity contribution in [2.75, 3.05) is 11.7 Å². The molecule has 0 aliphatic carbocycles. The lowest BCUT2D eigenvalue weighted by atomic mass is 10.1. The molecule has 0 unspecified atom stereocenters. The molecular weight excluding hydrogens is 352 g/mol. The van der Waals surface area contributed by atoms with Crippen LogP contribution in [0.5, 0.6) is 0 Å². The smallest absolute Gasteiger partial charge is 0.273 e. The molecule has 2 N–H and O–H groups in total. The van der Waals surface area contributed by atoms with Crippen molar-refractivity contribution in [3.63, 3.8) is 0 Å². The zero-order valence-electron chi connectivity index (χ0n) is 13.1. The van der Waals surface area contributed by atoms with Gasteiger partial charge in [0, 0.05) is 17.2 Å². The number of hydrogen-bond acceptors (Lipinski definition) is 7. The topological polar surface area (TPSA) is 115 Å². The van der Waals surface area contributed by atoms with Crippen molar-refractivity contribution in [3.8, 4) is 0 Å². The first kappa shape index (κ1) is 17.8. The number of nitro benzene ring substituents is 1. The number of amides is 1. The minimum atomic E-state index is -0.549. The van der Waals surface area contributed by atoms with Crippen LogP contribution in [0.2, 0.25) is 0 Å². The van der Waals surface area contributed by atoms with Gasteiger partial charge in [-0.1, -0.05) is 17.8 Å². The molecule has 0 aliphatic heterocycles. The van der Waals surface area contributed by atoms with Crippen molar-refractivity contribution in [1.82, 2.24) is 20.2 Å². The van der Waals surface area contributed by atoms with Crippen LogP contribution >= 0.6 is 24.0 Å². The van der Waals surface area contributed by atoms with Gasteiger partial charge in [-0.2, -0.15) is 0 Å². The molecule has 2 rings (SSSR count). The van der Waals surface area contributed by atoms with Crippen molar-refractivity contribution < 1.29 is 9.72 Å². The number of hydrogen-bond donors (Lipinski definition) is 2. The van der Waals surface area contributed by atoms with Crippen LogP contribution in [0, 0.1) is 24.0 Å². The van der Waals surface area contributed by atoms with Crippen molar-refractivity contribution in [1.29, 1.82) is 0 Å². The Hall–Kier alpha value is -2.53. The van der Waals surface area contributed by atoms with Crippen LogP contribution in [0.25, 0.3) is 0 Å². The molecule has 0 fully saturated rings. The van der Waals surface area contributed by atoms with Gasteiger partial charge in [0.15, 0.2) is 5.11 Å². The van der Waals surface area contributed by atoms with Gasteiger partial charge in [0.2, 0.25) is 5.16 Å². The second kappa shape index (κ2) is 7.36. The van der Waals surface area contributed by atoms with Crippen LogP contribution in [-0.2, 0) is 0 Å². The summed E-state index contributed by atoms with van der Waals surface area (Å²) in [6, 6.07) is 4.22. The number of thioether (sulfide) groups is 1. The highest BCUT2D eigenvalue weighted by atomic mass is 32.2. The summed E-state index contributed by atoms with van der Waals surface area (Å²) in [5.74, 6) is 0.0222. The summed E-state index contributed by atoms with van der Waals surface area (Å²) in [6.45, 7) is 3.33. The van der Waals surface area contributed by atoms with Crippen molar-refractivity contribution in [2.24, 2.45) is 0 Å². The monoisotopic (exact) mass is 366 g/mol. The van der Waals surface area contributed by atoms with Gasteiger partial charge in [0.05, 0.1) is 4.92 Å². The minimum Gasteiger partial charge on any atom is -0.298 e. The zero-order chi connectivity index (χ0) is 17.9. The first-order valence-electron chi connectivity index (χ1n) is 6.67. The Morgan fingerprint density at radius 1 is 1.38 bits per heavy atom. The lowest BCUT2D eigenvalue weighted by molar-refractivity contribution is -0.385. The molecule has 126 valence electrons. The van der Waals surface area contributed by atoms with Crippen LogP contribution in [0.15, 0.2) is 23.4 Å². The third kappa shape index (κ3) is 3.86. The summed E-state index contributed by atoms with van der Waals surface area (Å²) in [5.41, 5.74) is 3.29. The van der Waals surface area contributed by atoms with Crippen LogP contribution in [0.3, 0.4) is 0 Å². The normalized spacial score (nSPS) is 10.3. The van der Waals surface area contributed by atoms with E-state index in [-0.39, 0.29) is 16.4 Å². The summed E-state index contributed by atoms with van der Waals surface area (Å²) < 4.78 is 1.53. The number of carbonyl (C=O) groups is 1. The summed E-state index contributed by atoms with van der Waals surface area (Å²) in [7, 11) is 0. The maximum atomic E-state index is 12.2. The third-order valence-electron chi connectivity index (χ3n) is 3.09. The van der Waals surface area contributed by atoms with E-state index < -0.39 is 10.8 Å². The van der Waals surface area contributed by atoms with Gasteiger partial charge < -0.3 is 0 Å². The van der Waals surface area contributed by atoms with Crippen LogP contribution in [-0.4, -0.2) is 37.1 Å². The highest BCUT2D eigenvalue weighted by Crippen LogP contribution is 2.19. The summed E-state index contributed by atoms with van der Waals surface area (Å²) in [6.07, 6.45) is 1.83. The van der Waals surface area contributed by atoms with E-state index in [9.17, 15) is 14.9 Å². The first-order valence-corrected chi connectivity index (χ1v) is 8.30. The number of nitrogens with one attached hydrogen (secondary N) is 2. The summed E-state index contributed by atoms with van der Waals surface area (Å²) >= 11 is 6.45. The highest BCUT2D eigenvalue weighted by Gasteiger charge is 2.16. The van der Waals surface area contributed by atoms with Gasteiger partial charge in [-0.25, -0.2) is 4.68 Å². The molecule has 0 aliphatic rings. The van der Waals surface area contributed by atoms with E-state index in [0.29, 0.717) is 16.5 Å². The van der Waals surface area contributed by atoms with E-state index in [1.165, 1.54) is 34.6 Å². The molecule has 0 saturated carbocycles. The minimum absolute atomic E-state index is 0.0291. The number of carbonyl (C=O) groups excluding carboxylic acids is 1. The second-order valence-electron chi connectivity index (χ2n) is 4.72. The van der Waals surface area contributed by atoms with Gasteiger partial charge in [-0.15, -0.1) is 10.2 Å². The van der Waals surface area contributed by atoms with E-state index in [4.69, 9.17) is 12.2 Å². The van der Waals surface area contributed by atoms with E-state index in [2.05, 4.69) is 20.9 Å². The molecule has 0 bridgehead atoms. The molecule has 24 heavy (non-hydrogen) atoms. The molecule has 0 saturated heterocycles. The standard InChI is InChI=1S/C13H14N6O3S2/c1-7-4-5-9(6-10(7)19(21)22)11(20)14-12(23)17-18-8(2)15-16-13(18)24-3/h4-6H,1-3H3,(H2,14,17,20,23). The molecule has 0 radical (unpaired) electrons. The molecule has 1 aromatic carbocycles. The first-order chi connectivity index (χ1) is 11.3. The maximum absolute atomic E-state index is 12.2. The summed E-state index contributed by atoms with van der Waals surface area (Å²) in [5, 5.41) is 21.9. The van der Waals surface area contributed by atoms with Crippen LogP contribution in [0.1, 0.15) is 21.7 Å². The van der Waals surface area contributed by atoms with E-state index in [0.717, 1.165) is 0 Å². The highest BCUT2D eigenvalue weighted by molar-refractivity contribution is 7.98. The molecular formula is C13H14N6O3S2. The number of nitrogens with zero attached hydrogens (tertiary/aromatic N) is 4. The van der Waals surface area contributed by atoms with Crippen LogP contribution < -0.4 is 10.7 Å². The quantitative estimate of drug-likeness (QED) is 0.364. The fourth-order valence-corrected chi connectivity index (χ4v) is 2.52. The fourth-order valence-electron chi connectivity index (χ4n) is 1.86. The van der Waals surface area contributed by atoms with Gasteiger partial charge in [-0.3, -0.25) is 25.7 Å². The second-order valence-corrected chi connectivity index (χ2v) is 5.90. The molecule has 11 heteroatoms. The lowest BCUT2D eigenvalue weighted by Gasteiger charge is -2.12. The Morgan fingerprint density at radius 3 is 2.71 bits per heavy atom. The molecule has 0 spiro atoms. The Morgan fingerprint density at radius 2 is 2.08 bits per heavy atom. The molecule has 1 amide bonds. The van der Waals surface area contributed by atoms with E-state index in [1.807, 2.05) is 6.26 Å². The number of aryl methyl sites for hydroxylation is 2. The average molecular weight is 366 g/mol. The zero-order valence-corrected chi connectivity index (χ0v) is 14.7. The van der Waals surface area contributed by atoms with Gasteiger partial charge in [0.1, 0.15) is 5.82 Å². The fraction of sp³-hybridized carbons (Fsp3) is 0.231. The third-order valence-corrected chi connectivity index (χ3v) is 3.91. The lowest BCUT2D eigenvalue weighted by Crippen LogP contribution is -2.38. The molecule has 1 aromatic heterocycles. The summed E-state index contributed by atoms with van der Waals surface area (Å²) in [4.78, 5) is 22.6. The van der Waals surface area contributed by atoms with Crippen molar-refractivity contribution in [3.05, 3.63) is 45.3 Å². The van der Waals surface area contributed by atoms with Crippen molar-refractivity contribution >= 4 is 40.7 Å². The van der Waals surface area contributed by atoms with Crippen molar-refractivity contribution in [2.45, 2.75) is 19.0 Å². The molecule has 2 aromatic rings.